The van der Waals surface area contributed by atoms with Crippen LogP contribution in [0, 0.1) is 0 Å². The van der Waals surface area contributed by atoms with Crippen molar-refractivity contribution in [3.63, 3.8) is 0 Å². The smallest absolute Gasteiger partial charge is 0.305 e. The summed E-state index contributed by atoms with van der Waals surface area (Å²) in [5.74, 6) is -0.0669. The van der Waals surface area contributed by atoms with Gasteiger partial charge in [-0.25, -0.2) is 0 Å². The lowest BCUT2D eigenvalue weighted by Gasteiger charge is -2.20. The van der Waals surface area contributed by atoms with Crippen LogP contribution >= 0.6 is 0 Å². The second-order valence-electron chi connectivity index (χ2n) is 26.3. The molecule has 504 valence electrons. The van der Waals surface area contributed by atoms with E-state index >= 15 is 0 Å². The summed E-state index contributed by atoms with van der Waals surface area (Å²) in [4.78, 5) is 24.6. The highest BCUT2D eigenvalue weighted by Gasteiger charge is 2.18. The Labute approximate surface area is 537 Å². The fraction of sp³-hybridized carbons (Fsp3) is 0.850. The van der Waals surface area contributed by atoms with E-state index in [2.05, 4.69) is 67.8 Å². The van der Waals surface area contributed by atoms with E-state index in [0.717, 1.165) is 57.8 Å². The SMILES string of the molecule is CCCCCC/C=C\C/C=C\CCCCCCCC(=O)OCCCCCCCCCCC/C=C\C/C=C\CCCCCCCCCCCCCCCC(=O)NC(CO)C(O)/C=C/CCCCCCCCCCCCCCCCCCCCCCCC. The zero-order valence-corrected chi connectivity index (χ0v) is 57.8. The summed E-state index contributed by atoms with van der Waals surface area (Å²) < 4.78 is 5.49. The molecule has 0 heterocycles. The molecule has 0 bridgehead atoms. The molecule has 0 aliphatic heterocycles. The van der Waals surface area contributed by atoms with E-state index < -0.39 is 12.1 Å². The van der Waals surface area contributed by atoms with Crippen molar-refractivity contribution in [2.45, 2.75) is 424 Å². The molecular formula is C80H149NO5. The number of unbranched alkanes of at least 4 members (excludes halogenated alkanes) is 53. The molecule has 2 unspecified atom stereocenters. The highest BCUT2D eigenvalue weighted by atomic mass is 16.5. The van der Waals surface area contributed by atoms with Crippen LogP contribution < -0.4 is 5.32 Å². The van der Waals surface area contributed by atoms with E-state index in [9.17, 15) is 19.8 Å². The van der Waals surface area contributed by atoms with Gasteiger partial charge in [0.15, 0.2) is 0 Å². The van der Waals surface area contributed by atoms with Gasteiger partial charge in [0.05, 0.1) is 25.4 Å². The molecular weight excluding hydrogens is 1050 g/mol. The Morgan fingerprint density at radius 3 is 0.895 bits per heavy atom. The van der Waals surface area contributed by atoms with Crippen LogP contribution in [0.3, 0.4) is 0 Å². The van der Waals surface area contributed by atoms with E-state index in [-0.39, 0.29) is 18.5 Å². The van der Waals surface area contributed by atoms with Gasteiger partial charge in [-0.15, -0.1) is 0 Å². The molecule has 86 heavy (non-hydrogen) atoms. The highest BCUT2D eigenvalue weighted by molar-refractivity contribution is 5.76. The second-order valence-corrected chi connectivity index (χ2v) is 26.3. The van der Waals surface area contributed by atoms with E-state index in [1.165, 1.54) is 327 Å². The average molecular weight is 1210 g/mol. The Morgan fingerprint density at radius 1 is 0.326 bits per heavy atom. The first-order valence-electron chi connectivity index (χ1n) is 38.6. The fourth-order valence-corrected chi connectivity index (χ4v) is 11.9. The average Bonchev–Trinajstić information content (AvgIpc) is 3.53. The highest BCUT2D eigenvalue weighted by Crippen LogP contribution is 2.19. The summed E-state index contributed by atoms with van der Waals surface area (Å²) in [6.07, 6.45) is 100. The van der Waals surface area contributed by atoms with E-state index in [4.69, 9.17) is 4.74 Å². The molecule has 6 nitrogen and oxygen atoms in total. The molecule has 1 amide bonds. The molecule has 0 aliphatic carbocycles. The lowest BCUT2D eigenvalue weighted by Crippen LogP contribution is -2.45. The number of ether oxygens (including phenoxy) is 1. The van der Waals surface area contributed by atoms with Crippen LogP contribution in [0.1, 0.15) is 412 Å². The Balaban J connectivity index is 3.44. The van der Waals surface area contributed by atoms with Crippen LogP contribution in [0.4, 0.5) is 0 Å². The van der Waals surface area contributed by atoms with Crippen molar-refractivity contribution in [2.75, 3.05) is 13.2 Å². The van der Waals surface area contributed by atoms with Gasteiger partial charge in [-0.1, -0.05) is 364 Å². The molecule has 0 spiro atoms. The largest absolute Gasteiger partial charge is 0.466 e. The number of allylic oxidation sites excluding steroid dienone is 9. The third-order valence-electron chi connectivity index (χ3n) is 17.8. The van der Waals surface area contributed by atoms with Crippen LogP contribution in [0.15, 0.2) is 60.8 Å². The van der Waals surface area contributed by atoms with Gasteiger partial charge < -0.3 is 20.3 Å². The number of esters is 1. The van der Waals surface area contributed by atoms with Crippen molar-refractivity contribution in [1.29, 1.82) is 0 Å². The van der Waals surface area contributed by atoms with E-state index in [1.807, 2.05) is 6.08 Å². The van der Waals surface area contributed by atoms with Crippen LogP contribution in [0.5, 0.6) is 0 Å². The summed E-state index contributed by atoms with van der Waals surface area (Å²) in [6.45, 7) is 4.91. The lowest BCUT2D eigenvalue weighted by molar-refractivity contribution is -0.143. The fourth-order valence-electron chi connectivity index (χ4n) is 11.9. The Morgan fingerprint density at radius 2 is 0.581 bits per heavy atom. The topological polar surface area (TPSA) is 95.9 Å². The summed E-state index contributed by atoms with van der Waals surface area (Å²) in [7, 11) is 0. The van der Waals surface area contributed by atoms with Crippen molar-refractivity contribution >= 4 is 11.9 Å². The molecule has 6 heteroatoms. The van der Waals surface area contributed by atoms with Crippen LogP contribution in [-0.4, -0.2) is 47.4 Å². The Bertz CT molecular complexity index is 1480. The Kier molecular flexibility index (Phi) is 72.9. The maximum Gasteiger partial charge on any atom is 0.305 e. The predicted octanol–water partition coefficient (Wildman–Crippen LogP) is 25.4. The maximum atomic E-state index is 12.5. The second kappa shape index (κ2) is 75.0. The summed E-state index contributed by atoms with van der Waals surface area (Å²) in [6, 6.07) is -0.632. The predicted molar refractivity (Wildman–Crippen MR) is 379 cm³/mol. The van der Waals surface area contributed by atoms with Gasteiger partial charge in [0, 0.05) is 12.8 Å². The normalized spacial score (nSPS) is 12.8. The molecule has 2 atom stereocenters. The van der Waals surface area contributed by atoms with Crippen LogP contribution in [0.2, 0.25) is 0 Å². The standard InChI is InChI=1S/C80H149NO5/c1-3-5-7-9-11-13-15-17-19-21-22-23-24-32-35-38-41-44-48-52-56-60-64-68-72-78(83)77(76-82)81-79(84)73-69-65-61-57-53-49-45-42-39-36-33-30-28-26-25-27-29-31-34-37-40-43-47-51-55-59-63-67-71-75-86-80(85)74-70-66-62-58-54-50-46-20-18-16-14-12-10-8-6-4-2/h14,16,20,25,27,31,34,46,68,72,77-78,82-83H,3-13,15,17-19,21-24,26,28-30,32-33,35-45,47-67,69-71,73-76H2,1-2H3,(H,81,84)/b16-14-,27-25-,34-31-,46-20-,72-68+. The number of nitrogens with one attached hydrogen (secondary N) is 1. The number of hydrogen-bond donors (Lipinski definition) is 3. The van der Waals surface area contributed by atoms with Gasteiger partial charge in [-0.05, 0) is 96.3 Å². The van der Waals surface area contributed by atoms with Crippen molar-refractivity contribution < 1.29 is 24.5 Å². The van der Waals surface area contributed by atoms with Gasteiger partial charge in [0.2, 0.25) is 5.91 Å². The molecule has 0 aromatic rings. The minimum Gasteiger partial charge on any atom is -0.466 e. The molecule has 0 rings (SSSR count). The third-order valence-corrected chi connectivity index (χ3v) is 17.8. The zero-order valence-electron chi connectivity index (χ0n) is 57.8. The monoisotopic (exact) mass is 1200 g/mol. The number of aliphatic hydroxyl groups is 2. The zero-order chi connectivity index (χ0) is 62.0. The Hall–Kier alpha value is -2.44. The minimum atomic E-state index is -0.848. The number of carbonyl (C=O) groups excluding carboxylic acids is 2. The maximum absolute atomic E-state index is 12.5. The summed E-state index contributed by atoms with van der Waals surface area (Å²) in [5.41, 5.74) is 0. The number of hydrogen-bond acceptors (Lipinski definition) is 5. The summed E-state index contributed by atoms with van der Waals surface area (Å²) >= 11 is 0. The van der Waals surface area contributed by atoms with Crippen molar-refractivity contribution in [1.82, 2.24) is 5.32 Å². The molecule has 0 aromatic carbocycles. The molecule has 0 fully saturated rings. The lowest BCUT2D eigenvalue weighted by atomic mass is 10.0. The number of carbonyl (C=O) groups is 2. The third kappa shape index (κ3) is 70.6. The quantitative estimate of drug-likeness (QED) is 0.0320. The molecule has 0 saturated carbocycles. The summed E-state index contributed by atoms with van der Waals surface area (Å²) in [5, 5.41) is 23.3. The first kappa shape index (κ1) is 83.6. The van der Waals surface area contributed by atoms with Crippen LogP contribution in [0.25, 0.3) is 0 Å². The first-order chi connectivity index (χ1) is 42.5. The first-order valence-corrected chi connectivity index (χ1v) is 38.6. The van der Waals surface area contributed by atoms with E-state index in [1.54, 1.807) is 6.08 Å². The van der Waals surface area contributed by atoms with Crippen LogP contribution in [-0.2, 0) is 14.3 Å². The van der Waals surface area contributed by atoms with Gasteiger partial charge in [-0.2, -0.15) is 0 Å². The van der Waals surface area contributed by atoms with Crippen molar-refractivity contribution in [2.24, 2.45) is 0 Å². The van der Waals surface area contributed by atoms with Crippen molar-refractivity contribution in [3.05, 3.63) is 60.8 Å². The number of rotatable bonds is 72. The molecule has 0 aromatic heterocycles. The minimum absolute atomic E-state index is 0.00164. The van der Waals surface area contributed by atoms with Gasteiger partial charge in [0.1, 0.15) is 0 Å². The van der Waals surface area contributed by atoms with Gasteiger partial charge >= 0.3 is 5.97 Å². The van der Waals surface area contributed by atoms with Crippen molar-refractivity contribution in [3.8, 4) is 0 Å². The van der Waals surface area contributed by atoms with Gasteiger partial charge in [0.25, 0.3) is 0 Å². The molecule has 0 aliphatic rings. The molecule has 0 saturated heterocycles. The van der Waals surface area contributed by atoms with E-state index in [0.29, 0.717) is 19.4 Å². The molecule has 0 radical (unpaired) electrons. The number of amides is 1. The number of aliphatic hydroxyl groups excluding tert-OH is 2. The molecule has 3 N–H and O–H groups in total. The van der Waals surface area contributed by atoms with Gasteiger partial charge in [-0.3, -0.25) is 9.59 Å².